The fourth-order valence-electron chi connectivity index (χ4n) is 2.40. The van der Waals surface area contributed by atoms with Crippen LogP contribution >= 0.6 is 11.6 Å². The Labute approximate surface area is 154 Å². The summed E-state index contributed by atoms with van der Waals surface area (Å²) in [4.78, 5) is 12.6. The predicted octanol–water partition coefficient (Wildman–Crippen LogP) is 4.92. The number of carbonyl (C=O) groups is 1. The van der Waals surface area contributed by atoms with Crippen molar-refractivity contribution in [2.24, 2.45) is 0 Å². The maximum absolute atomic E-state index is 13.2. The minimum atomic E-state index is -0.464. The van der Waals surface area contributed by atoms with E-state index in [0.29, 0.717) is 33.3 Å². The van der Waals surface area contributed by atoms with Crippen molar-refractivity contribution >= 4 is 23.2 Å². The minimum absolute atomic E-state index is 0.0736. The van der Waals surface area contributed by atoms with Crippen molar-refractivity contribution in [2.75, 3.05) is 5.32 Å². The van der Waals surface area contributed by atoms with Gasteiger partial charge in [-0.15, -0.1) is 0 Å². The number of hydrogen-bond donors (Lipinski definition) is 1. The Morgan fingerprint density at radius 2 is 2.04 bits per heavy atom. The average molecular weight is 375 g/mol. The van der Waals surface area contributed by atoms with Gasteiger partial charge in [0.05, 0.1) is 10.6 Å². The fourth-order valence-corrected chi connectivity index (χ4v) is 2.59. The van der Waals surface area contributed by atoms with Crippen molar-refractivity contribution in [3.05, 3.63) is 75.9 Å². The molecule has 3 rings (SSSR count). The molecule has 0 fully saturated rings. The van der Waals surface area contributed by atoms with Gasteiger partial charge in [0, 0.05) is 5.69 Å². The summed E-state index contributed by atoms with van der Waals surface area (Å²) in [5.74, 6) is 0.134. The zero-order valence-electron chi connectivity index (χ0n) is 14.2. The number of nitrogens with one attached hydrogen (secondary N) is 1. The molecule has 1 amide bonds. The lowest BCUT2D eigenvalue weighted by Crippen LogP contribution is -2.16. The van der Waals surface area contributed by atoms with Gasteiger partial charge in [-0.2, -0.15) is 0 Å². The Morgan fingerprint density at radius 1 is 1.27 bits per heavy atom. The monoisotopic (exact) mass is 374 g/mol. The number of aryl methyl sites for hydroxylation is 2. The molecule has 0 atom stereocenters. The summed E-state index contributed by atoms with van der Waals surface area (Å²) >= 11 is 6.07. The topological polar surface area (TPSA) is 64.4 Å². The van der Waals surface area contributed by atoms with Gasteiger partial charge in [0.15, 0.2) is 5.69 Å². The van der Waals surface area contributed by atoms with E-state index in [9.17, 15) is 9.18 Å². The van der Waals surface area contributed by atoms with Crippen LogP contribution in [0, 0.1) is 19.7 Å². The first-order chi connectivity index (χ1) is 12.5. The molecule has 2 aromatic carbocycles. The van der Waals surface area contributed by atoms with Crippen LogP contribution < -0.4 is 10.1 Å². The number of ether oxygens (including phenoxy) is 1. The van der Waals surface area contributed by atoms with E-state index in [1.165, 1.54) is 18.2 Å². The number of nitrogens with zero attached hydrogens (tertiary/aromatic N) is 1. The summed E-state index contributed by atoms with van der Waals surface area (Å²) < 4.78 is 24.0. The number of anilines is 1. The number of para-hydroxylation sites is 1. The molecule has 0 saturated carbocycles. The normalized spacial score (nSPS) is 10.6. The van der Waals surface area contributed by atoms with Gasteiger partial charge in [0.25, 0.3) is 5.91 Å². The number of benzene rings is 2. The molecule has 26 heavy (non-hydrogen) atoms. The van der Waals surface area contributed by atoms with Crippen LogP contribution in [0.1, 0.15) is 27.4 Å². The molecule has 0 aliphatic rings. The molecule has 5 nitrogen and oxygen atoms in total. The second kappa shape index (κ2) is 7.58. The van der Waals surface area contributed by atoms with E-state index in [2.05, 4.69) is 10.5 Å². The maximum atomic E-state index is 13.2. The molecule has 0 saturated heterocycles. The van der Waals surface area contributed by atoms with Gasteiger partial charge in [0.1, 0.15) is 23.9 Å². The number of halogens is 2. The second-order valence-electron chi connectivity index (χ2n) is 5.70. The number of rotatable bonds is 5. The first-order valence-corrected chi connectivity index (χ1v) is 8.23. The molecule has 0 bridgehead atoms. The molecule has 134 valence electrons. The quantitative estimate of drug-likeness (QED) is 0.688. The van der Waals surface area contributed by atoms with E-state index >= 15 is 0 Å². The molecule has 0 aliphatic carbocycles. The molecule has 3 aromatic rings. The summed E-state index contributed by atoms with van der Waals surface area (Å²) in [7, 11) is 0. The minimum Gasteiger partial charge on any atom is -0.487 e. The third kappa shape index (κ3) is 3.86. The van der Waals surface area contributed by atoms with Crippen LogP contribution in [-0.4, -0.2) is 11.1 Å². The molecular formula is C19H16ClFN2O3. The largest absolute Gasteiger partial charge is 0.487 e. The summed E-state index contributed by atoms with van der Waals surface area (Å²) in [6, 6.07) is 11.1. The first kappa shape index (κ1) is 17.9. The van der Waals surface area contributed by atoms with Crippen LogP contribution in [0.15, 0.2) is 47.0 Å². The van der Waals surface area contributed by atoms with Gasteiger partial charge in [-0.25, -0.2) is 4.39 Å². The molecule has 0 aliphatic heterocycles. The number of aromatic nitrogens is 1. The second-order valence-corrected chi connectivity index (χ2v) is 6.11. The molecule has 1 aromatic heterocycles. The highest BCUT2D eigenvalue weighted by molar-refractivity contribution is 6.32. The SMILES string of the molecule is Cc1cc(F)ccc1NC(=O)c1noc(C)c1COc1ccccc1Cl. The fraction of sp³-hybridized carbons (Fsp3) is 0.158. The highest BCUT2D eigenvalue weighted by Gasteiger charge is 2.21. The maximum Gasteiger partial charge on any atom is 0.278 e. The predicted molar refractivity (Wildman–Crippen MR) is 96.1 cm³/mol. The molecule has 1 N–H and O–H groups in total. The zero-order valence-corrected chi connectivity index (χ0v) is 14.9. The van der Waals surface area contributed by atoms with Crippen molar-refractivity contribution in [2.45, 2.75) is 20.5 Å². The van der Waals surface area contributed by atoms with E-state index in [4.69, 9.17) is 20.9 Å². The van der Waals surface area contributed by atoms with Crippen molar-refractivity contribution < 1.29 is 18.4 Å². The van der Waals surface area contributed by atoms with E-state index in [1.54, 1.807) is 38.1 Å². The lowest BCUT2D eigenvalue weighted by Gasteiger charge is -2.09. The Bertz CT molecular complexity index is 956. The van der Waals surface area contributed by atoms with E-state index in [0.717, 1.165) is 0 Å². The standard InChI is InChI=1S/C19H16ClFN2O3/c1-11-9-13(21)7-8-16(11)22-19(24)18-14(12(2)26-23-18)10-25-17-6-4-3-5-15(17)20/h3-9H,10H2,1-2H3,(H,22,24). The highest BCUT2D eigenvalue weighted by Crippen LogP contribution is 2.26. The molecule has 0 unspecified atom stereocenters. The summed E-state index contributed by atoms with van der Waals surface area (Å²) in [6.07, 6.45) is 0. The van der Waals surface area contributed by atoms with E-state index < -0.39 is 5.91 Å². The van der Waals surface area contributed by atoms with Crippen LogP contribution in [0.25, 0.3) is 0 Å². The van der Waals surface area contributed by atoms with Crippen molar-refractivity contribution in [3.63, 3.8) is 0 Å². The lowest BCUT2D eigenvalue weighted by atomic mass is 10.1. The van der Waals surface area contributed by atoms with Crippen LogP contribution in [-0.2, 0) is 6.61 Å². The van der Waals surface area contributed by atoms with Crippen LogP contribution in [0.2, 0.25) is 5.02 Å². The highest BCUT2D eigenvalue weighted by atomic mass is 35.5. The van der Waals surface area contributed by atoms with Gasteiger partial charge < -0.3 is 14.6 Å². The van der Waals surface area contributed by atoms with Gasteiger partial charge >= 0.3 is 0 Å². The van der Waals surface area contributed by atoms with E-state index in [1.807, 2.05) is 0 Å². The number of amides is 1. The van der Waals surface area contributed by atoms with Gasteiger partial charge in [-0.05, 0) is 49.7 Å². The first-order valence-electron chi connectivity index (χ1n) is 7.85. The number of carbonyl (C=O) groups excluding carboxylic acids is 1. The summed E-state index contributed by atoms with van der Waals surface area (Å²) in [5, 5.41) is 6.99. The Morgan fingerprint density at radius 3 is 2.77 bits per heavy atom. The summed E-state index contributed by atoms with van der Waals surface area (Å²) in [6.45, 7) is 3.47. The smallest absolute Gasteiger partial charge is 0.278 e. The Balaban J connectivity index is 1.78. The van der Waals surface area contributed by atoms with Gasteiger partial charge in [-0.1, -0.05) is 28.9 Å². The molecule has 1 heterocycles. The van der Waals surface area contributed by atoms with E-state index in [-0.39, 0.29) is 18.1 Å². The average Bonchev–Trinajstić information content (AvgIpc) is 2.97. The third-order valence-electron chi connectivity index (χ3n) is 3.85. The number of hydrogen-bond acceptors (Lipinski definition) is 4. The van der Waals surface area contributed by atoms with Crippen molar-refractivity contribution in [3.8, 4) is 5.75 Å². The molecular weight excluding hydrogens is 359 g/mol. The van der Waals surface area contributed by atoms with Gasteiger partial charge in [0.2, 0.25) is 0 Å². The Hall–Kier alpha value is -2.86. The molecule has 7 heteroatoms. The molecule has 0 radical (unpaired) electrons. The summed E-state index contributed by atoms with van der Waals surface area (Å²) in [5.41, 5.74) is 1.72. The lowest BCUT2D eigenvalue weighted by molar-refractivity contribution is 0.101. The Kier molecular flexibility index (Phi) is 5.23. The van der Waals surface area contributed by atoms with Crippen molar-refractivity contribution in [1.82, 2.24) is 5.16 Å². The van der Waals surface area contributed by atoms with Crippen molar-refractivity contribution in [1.29, 1.82) is 0 Å². The zero-order chi connectivity index (χ0) is 18.7. The molecule has 0 spiro atoms. The third-order valence-corrected chi connectivity index (χ3v) is 4.16. The van der Waals surface area contributed by atoms with Crippen LogP contribution in [0.3, 0.4) is 0 Å². The van der Waals surface area contributed by atoms with Crippen LogP contribution in [0.4, 0.5) is 10.1 Å². The van der Waals surface area contributed by atoms with Gasteiger partial charge in [-0.3, -0.25) is 4.79 Å². The van der Waals surface area contributed by atoms with Crippen LogP contribution in [0.5, 0.6) is 5.75 Å².